The molecule has 8 nitrogen and oxygen atoms in total. The van der Waals surface area contributed by atoms with E-state index in [-0.39, 0.29) is 28.0 Å². The van der Waals surface area contributed by atoms with Crippen molar-refractivity contribution in [1.82, 2.24) is 9.64 Å². The third-order valence-electron chi connectivity index (χ3n) is 7.55. The lowest BCUT2D eigenvalue weighted by Gasteiger charge is -2.35. The summed E-state index contributed by atoms with van der Waals surface area (Å²) in [5, 5.41) is 0.197. The van der Waals surface area contributed by atoms with Crippen molar-refractivity contribution in [3.05, 3.63) is 34.1 Å². The van der Waals surface area contributed by atoms with Crippen LogP contribution in [0.5, 0.6) is 11.5 Å². The molecule has 0 atom stereocenters. The van der Waals surface area contributed by atoms with Crippen molar-refractivity contribution < 1.29 is 23.6 Å². The quantitative estimate of drug-likeness (QED) is 0.484. The maximum atomic E-state index is 13.1. The molecule has 0 amide bonds. The van der Waals surface area contributed by atoms with Gasteiger partial charge in [-0.2, -0.15) is 4.74 Å². The zero-order valence-electron chi connectivity index (χ0n) is 19.7. The van der Waals surface area contributed by atoms with Crippen molar-refractivity contribution in [3.63, 3.8) is 0 Å². The number of hydrogen-bond donors (Lipinski definition) is 0. The van der Waals surface area contributed by atoms with Crippen LogP contribution in [-0.2, 0) is 16.1 Å². The summed E-state index contributed by atoms with van der Waals surface area (Å²) in [5.74, 6) is 0.273. The monoisotopic (exact) mass is 468 g/mol. The highest BCUT2D eigenvalue weighted by atomic mass is 16.6. The molecule has 0 N–H and O–H groups in total. The Hall–Kier alpha value is -2.87. The fourth-order valence-corrected chi connectivity index (χ4v) is 5.56. The van der Waals surface area contributed by atoms with Crippen molar-refractivity contribution in [3.8, 4) is 11.5 Å². The van der Waals surface area contributed by atoms with Crippen LogP contribution in [0.3, 0.4) is 0 Å². The third kappa shape index (κ3) is 4.82. The first kappa shape index (κ1) is 22.9. The third-order valence-corrected chi connectivity index (χ3v) is 7.55. The Morgan fingerprint density at radius 3 is 2.35 bits per heavy atom. The second kappa shape index (κ2) is 9.78. The van der Waals surface area contributed by atoms with Crippen molar-refractivity contribution in [2.24, 2.45) is 11.8 Å². The van der Waals surface area contributed by atoms with E-state index in [1.807, 2.05) is 0 Å². The van der Waals surface area contributed by atoms with Crippen molar-refractivity contribution in [2.75, 3.05) is 19.6 Å². The molecule has 3 aliphatic rings. The fraction of sp³-hybridized carbons (Fsp3) is 0.577. The first-order valence-corrected chi connectivity index (χ1v) is 12.5. The molecule has 8 heteroatoms. The number of carbonyl (C=O) groups excluding carboxylic acids is 2. The van der Waals surface area contributed by atoms with E-state index in [2.05, 4.69) is 4.90 Å². The average Bonchev–Trinajstić information content (AvgIpc) is 3.16. The summed E-state index contributed by atoms with van der Waals surface area (Å²) in [6.07, 6.45) is 12.0. The Morgan fingerprint density at radius 2 is 1.62 bits per heavy atom. The zero-order valence-corrected chi connectivity index (χ0v) is 19.7. The van der Waals surface area contributed by atoms with Gasteiger partial charge in [0.25, 0.3) is 5.56 Å². The summed E-state index contributed by atoms with van der Waals surface area (Å²) in [7, 11) is 0. The normalized spacial score (nSPS) is 21.6. The van der Waals surface area contributed by atoms with Crippen LogP contribution in [-0.4, -0.2) is 41.2 Å². The summed E-state index contributed by atoms with van der Waals surface area (Å²) in [5.41, 5.74) is 0.315. The fourth-order valence-electron chi connectivity index (χ4n) is 5.56. The van der Waals surface area contributed by atoms with Crippen LogP contribution in [0.25, 0.3) is 11.0 Å². The molecule has 34 heavy (non-hydrogen) atoms. The zero-order chi connectivity index (χ0) is 23.7. The molecule has 1 saturated heterocycles. The second-order valence-electron chi connectivity index (χ2n) is 9.91. The van der Waals surface area contributed by atoms with Gasteiger partial charge in [0.2, 0.25) is 0 Å². The number of nitrogens with zero attached hydrogens (tertiary/aromatic N) is 2. The number of piperidine rings is 1. The lowest BCUT2D eigenvalue weighted by molar-refractivity contribution is -0.131. The Labute approximate surface area is 198 Å². The van der Waals surface area contributed by atoms with Gasteiger partial charge in [0.15, 0.2) is 11.3 Å². The number of fused-ring (bicyclic) bond motifs is 4. The number of ether oxygens (including phenoxy) is 2. The van der Waals surface area contributed by atoms with Crippen LogP contribution in [0.15, 0.2) is 27.5 Å². The van der Waals surface area contributed by atoms with E-state index in [1.54, 1.807) is 6.92 Å². The smallest absolute Gasteiger partial charge is 0.336 e. The van der Waals surface area contributed by atoms with Gasteiger partial charge in [0.1, 0.15) is 11.1 Å². The average molecular weight is 469 g/mol. The van der Waals surface area contributed by atoms with E-state index < -0.39 is 11.9 Å². The van der Waals surface area contributed by atoms with E-state index in [9.17, 15) is 14.4 Å². The minimum absolute atomic E-state index is 0.0837. The van der Waals surface area contributed by atoms with E-state index in [4.69, 9.17) is 14.0 Å². The summed E-state index contributed by atoms with van der Waals surface area (Å²) in [6.45, 7) is 5.59. The predicted octanol–water partition coefficient (Wildman–Crippen LogP) is 3.97. The molecule has 1 aromatic heterocycles. The van der Waals surface area contributed by atoms with E-state index in [0.717, 1.165) is 50.4 Å². The molecule has 1 saturated carbocycles. The van der Waals surface area contributed by atoms with Gasteiger partial charge in [-0.05, 0) is 64.0 Å². The van der Waals surface area contributed by atoms with E-state index >= 15 is 0 Å². The van der Waals surface area contributed by atoms with Crippen LogP contribution in [0, 0.1) is 18.8 Å². The number of carbonyl (C=O) groups is 2. The first-order chi connectivity index (χ1) is 16.5. The van der Waals surface area contributed by atoms with Crippen LogP contribution >= 0.6 is 0 Å². The molecule has 2 aliphatic heterocycles. The summed E-state index contributed by atoms with van der Waals surface area (Å²) in [6, 6.07) is 1.51. The number of rotatable bonds is 5. The molecule has 0 spiro atoms. The molecule has 2 fully saturated rings. The summed E-state index contributed by atoms with van der Waals surface area (Å²) < 4.78 is 17.9. The van der Waals surface area contributed by atoms with Gasteiger partial charge in [0, 0.05) is 30.3 Å². The van der Waals surface area contributed by atoms with Gasteiger partial charge in [-0.15, -0.1) is 0 Å². The van der Waals surface area contributed by atoms with Crippen molar-refractivity contribution in [2.45, 2.75) is 64.8 Å². The molecule has 1 aromatic carbocycles. The molecule has 182 valence electrons. The van der Waals surface area contributed by atoms with Crippen molar-refractivity contribution >= 4 is 22.9 Å². The molecule has 2 aromatic rings. The van der Waals surface area contributed by atoms with Gasteiger partial charge in [-0.25, -0.2) is 9.59 Å². The number of esters is 2. The van der Waals surface area contributed by atoms with Crippen LogP contribution in [0.1, 0.15) is 56.9 Å². The number of hydrogen-bond acceptors (Lipinski definition) is 7. The SMILES string of the molecule is Cc1c2cc3on(CCC4CCN(CC5CCCCC5)CC4)c(=O)c3c1OC(=O)/C=C/C(=O)O2. The lowest BCUT2D eigenvalue weighted by atomic mass is 9.87. The summed E-state index contributed by atoms with van der Waals surface area (Å²) in [4.78, 5) is 39.7. The highest BCUT2D eigenvalue weighted by molar-refractivity contribution is 5.98. The molecular formula is C26H32N2O6. The number of benzene rings is 1. The molecule has 5 rings (SSSR count). The highest BCUT2D eigenvalue weighted by Gasteiger charge is 2.26. The van der Waals surface area contributed by atoms with Gasteiger partial charge < -0.3 is 18.9 Å². The van der Waals surface area contributed by atoms with Crippen LogP contribution < -0.4 is 15.0 Å². The molecule has 1 aliphatic carbocycles. The van der Waals surface area contributed by atoms with E-state index in [1.165, 1.54) is 49.5 Å². The predicted molar refractivity (Wildman–Crippen MR) is 126 cm³/mol. The van der Waals surface area contributed by atoms with Crippen LogP contribution in [0.2, 0.25) is 0 Å². The second-order valence-corrected chi connectivity index (χ2v) is 9.91. The minimum Gasteiger partial charge on any atom is -0.423 e. The first-order valence-electron chi connectivity index (χ1n) is 12.5. The number of likely N-dealkylation sites (tertiary alicyclic amines) is 1. The lowest BCUT2D eigenvalue weighted by Crippen LogP contribution is -2.37. The van der Waals surface area contributed by atoms with Gasteiger partial charge in [0.05, 0.1) is 6.54 Å². The topological polar surface area (TPSA) is 91.0 Å². The Balaban J connectivity index is 1.26. The Kier molecular flexibility index (Phi) is 6.59. The van der Waals surface area contributed by atoms with Crippen LogP contribution in [0.4, 0.5) is 0 Å². The molecule has 0 radical (unpaired) electrons. The maximum Gasteiger partial charge on any atom is 0.336 e. The molecule has 0 unspecified atom stereocenters. The minimum atomic E-state index is -0.743. The molecular weight excluding hydrogens is 436 g/mol. The van der Waals surface area contributed by atoms with Gasteiger partial charge in [-0.3, -0.25) is 4.79 Å². The standard InChI is InChI=1S/C26H32N2O6/c1-17-20-15-21-24(25(17)33-23(30)8-7-22(29)32-20)26(31)28(34-21)14-11-18-9-12-27(13-10-18)16-19-5-3-2-4-6-19/h7-8,15,18-19H,2-6,9-14,16H2,1H3/b8-7+. The molecule has 2 bridgehead atoms. The van der Waals surface area contributed by atoms with Gasteiger partial charge in [-0.1, -0.05) is 19.3 Å². The summed E-state index contributed by atoms with van der Waals surface area (Å²) >= 11 is 0. The molecule has 3 heterocycles. The van der Waals surface area contributed by atoms with E-state index in [0.29, 0.717) is 18.0 Å². The Bertz CT molecular complexity index is 1160. The van der Waals surface area contributed by atoms with Crippen molar-refractivity contribution in [1.29, 1.82) is 0 Å². The number of aromatic nitrogens is 1. The Morgan fingerprint density at radius 1 is 0.912 bits per heavy atom. The maximum absolute atomic E-state index is 13.1. The highest BCUT2D eigenvalue weighted by Crippen LogP contribution is 2.36. The number of aryl methyl sites for hydroxylation is 1. The largest absolute Gasteiger partial charge is 0.423 e. The van der Waals surface area contributed by atoms with Gasteiger partial charge >= 0.3 is 11.9 Å².